The van der Waals surface area contributed by atoms with Crippen LogP contribution < -0.4 is 15.4 Å². The number of hydrogen-bond donors (Lipinski definition) is 2. The number of amides is 2. The summed E-state index contributed by atoms with van der Waals surface area (Å²) < 4.78 is 19.6. The van der Waals surface area contributed by atoms with Gasteiger partial charge in [-0.15, -0.1) is 0 Å². The summed E-state index contributed by atoms with van der Waals surface area (Å²) in [6.45, 7) is 4.88. The molecule has 5 nitrogen and oxygen atoms in total. The third kappa shape index (κ3) is 4.96. The van der Waals surface area contributed by atoms with Crippen molar-refractivity contribution >= 4 is 11.8 Å². The molecule has 0 saturated heterocycles. The summed E-state index contributed by atoms with van der Waals surface area (Å²) >= 11 is 0. The Kier molecular flexibility index (Phi) is 6.96. The summed E-state index contributed by atoms with van der Waals surface area (Å²) in [5.74, 6) is -0.0595. The Bertz CT molecular complexity index is 1190. The van der Waals surface area contributed by atoms with E-state index < -0.39 is 12.0 Å². The van der Waals surface area contributed by atoms with E-state index in [4.69, 9.17) is 4.74 Å². The van der Waals surface area contributed by atoms with Crippen LogP contribution in [0.2, 0.25) is 0 Å². The average Bonchev–Trinajstić information content (AvgIpc) is 3.22. The maximum Gasteiger partial charge on any atom is 0.251 e. The molecule has 0 radical (unpaired) electrons. The molecule has 0 aromatic heterocycles. The smallest absolute Gasteiger partial charge is 0.251 e. The van der Waals surface area contributed by atoms with E-state index in [0.29, 0.717) is 23.8 Å². The van der Waals surface area contributed by atoms with Crippen LogP contribution >= 0.6 is 0 Å². The molecule has 0 bridgehead atoms. The van der Waals surface area contributed by atoms with Gasteiger partial charge in [0.2, 0.25) is 5.91 Å². The van der Waals surface area contributed by atoms with Gasteiger partial charge in [-0.2, -0.15) is 0 Å². The number of carbonyl (C=O) groups is 2. The zero-order valence-electron chi connectivity index (χ0n) is 19.6. The SMILES string of the molecule is CNC(=O)C1c2cc(-c3cccc(C(=O)NCCC(C)C)c3)ccc2OC1c1ccc(F)cc1. The third-order valence-corrected chi connectivity index (χ3v) is 6.09. The van der Waals surface area contributed by atoms with Gasteiger partial charge in [0.05, 0.1) is 0 Å². The molecule has 3 aromatic rings. The van der Waals surface area contributed by atoms with Gasteiger partial charge in [0, 0.05) is 24.7 Å². The van der Waals surface area contributed by atoms with Crippen LogP contribution in [0.1, 0.15) is 53.8 Å². The highest BCUT2D eigenvalue weighted by molar-refractivity contribution is 5.95. The van der Waals surface area contributed by atoms with Crippen LogP contribution in [0.3, 0.4) is 0 Å². The predicted octanol–water partition coefficient (Wildman–Crippen LogP) is 5.23. The molecule has 2 unspecified atom stereocenters. The number of nitrogens with one attached hydrogen (secondary N) is 2. The molecule has 0 spiro atoms. The Morgan fingerprint density at radius 1 is 1.00 bits per heavy atom. The van der Waals surface area contributed by atoms with Gasteiger partial charge in [-0.1, -0.05) is 44.2 Å². The minimum Gasteiger partial charge on any atom is -0.484 e. The van der Waals surface area contributed by atoms with E-state index in [9.17, 15) is 14.0 Å². The first-order chi connectivity index (χ1) is 16.4. The molecule has 0 fully saturated rings. The summed E-state index contributed by atoms with van der Waals surface area (Å²) in [4.78, 5) is 25.4. The Labute approximate surface area is 199 Å². The summed E-state index contributed by atoms with van der Waals surface area (Å²) in [5.41, 5.74) is 3.84. The number of ether oxygens (including phenoxy) is 1. The zero-order chi connectivity index (χ0) is 24.2. The molecule has 2 N–H and O–H groups in total. The van der Waals surface area contributed by atoms with Crippen LogP contribution in [-0.4, -0.2) is 25.4 Å². The lowest BCUT2D eigenvalue weighted by atomic mass is 9.88. The molecule has 3 aromatic carbocycles. The first-order valence-electron chi connectivity index (χ1n) is 11.5. The van der Waals surface area contributed by atoms with E-state index in [-0.39, 0.29) is 17.6 Å². The van der Waals surface area contributed by atoms with Gasteiger partial charge >= 0.3 is 0 Å². The van der Waals surface area contributed by atoms with Gasteiger partial charge < -0.3 is 15.4 Å². The molecule has 34 heavy (non-hydrogen) atoms. The first-order valence-corrected chi connectivity index (χ1v) is 11.5. The lowest BCUT2D eigenvalue weighted by Gasteiger charge is -2.18. The Balaban J connectivity index is 1.63. The monoisotopic (exact) mass is 460 g/mol. The average molecular weight is 461 g/mol. The zero-order valence-corrected chi connectivity index (χ0v) is 19.6. The van der Waals surface area contributed by atoms with Crippen molar-refractivity contribution in [2.45, 2.75) is 32.3 Å². The van der Waals surface area contributed by atoms with Gasteiger partial charge in [0.15, 0.2) is 0 Å². The number of likely N-dealkylation sites (N-methyl/N-ethyl adjacent to an activating group) is 1. The van der Waals surface area contributed by atoms with Gasteiger partial charge in [0.1, 0.15) is 23.6 Å². The molecule has 0 aliphatic carbocycles. The molecule has 4 rings (SSSR count). The van der Waals surface area contributed by atoms with Gasteiger partial charge in [-0.25, -0.2) is 4.39 Å². The van der Waals surface area contributed by atoms with Crippen LogP contribution in [0.15, 0.2) is 66.7 Å². The molecule has 2 atom stereocenters. The van der Waals surface area contributed by atoms with Crippen molar-refractivity contribution in [1.82, 2.24) is 10.6 Å². The Morgan fingerprint density at radius 3 is 2.44 bits per heavy atom. The second-order valence-electron chi connectivity index (χ2n) is 8.95. The molecule has 0 saturated carbocycles. The number of carbonyl (C=O) groups excluding carboxylic acids is 2. The van der Waals surface area contributed by atoms with Crippen molar-refractivity contribution in [1.29, 1.82) is 0 Å². The van der Waals surface area contributed by atoms with Crippen molar-refractivity contribution in [3.8, 4) is 16.9 Å². The highest BCUT2D eigenvalue weighted by Crippen LogP contribution is 2.47. The third-order valence-electron chi connectivity index (χ3n) is 6.09. The van der Waals surface area contributed by atoms with Crippen LogP contribution in [0, 0.1) is 11.7 Å². The molecular formula is C28H29FN2O3. The summed E-state index contributed by atoms with van der Waals surface area (Å²) in [6.07, 6.45) is 0.371. The van der Waals surface area contributed by atoms with E-state index in [0.717, 1.165) is 28.7 Å². The fourth-order valence-electron chi connectivity index (χ4n) is 4.21. The molecule has 1 heterocycles. The Morgan fingerprint density at radius 2 is 1.74 bits per heavy atom. The van der Waals surface area contributed by atoms with Gasteiger partial charge in [0.25, 0.3) is 5.91 Å². The summed E-state index contributed by atoms with van der Waals surface area (Å²) in [6, 6.07) is 19.2. The van der Waals surface area contributed by atoms with E-state index in [1.54, 1.807) is 25.2 Å². The molecular weight excluding hydrogens is 431 g/mol. The number of hydrogen-bond acceptors (Lipinski definition) is 3. The normalized spacial score (nSPS) is 16.6. The van der Waals surface area contributed by atoms with E-state index in [1.807, 2.05) is 36.4 Å². The maximum absolute atomic E-state index is 13.4. The topological polar surface area (TPSA) is 67.4 Å². The fourth-order valence-corrected chi connectivity index (χ4v) is 4.21. The van der Waals surface area contributed by atoms with Gasteiger partial charge in [-0.05, 0) is 65.4 Å². The number of halogens is 1. The van der Waals surface area contributed by atoms with Crippen LogP contribution in [0.5, 0.6) is 5.75 Å². The largest absolute Gasteiger partial charge is 0.484 e. The molecule has 1 aliphatic rings. The minimum atomic E-state index is -0.576. The van der Waals surface area contributed by atoms with Crippen molar-refractivity contribution in [2.24, 2.45) is 5.92 Å². The fraction of sp³-hybridized carbons (Fsp3) is 0.286. The highest BCUT2D eigenvalue weighted by Gasteiger charge is 2.40. The molecule has 176 valence electrons. The number of rotatable bonds is 7. The van der Waals surface area contributed by atoms with Crippen LogP contribution in [-0.2, 0) is 4.79 Å². The lowest BCUT2D eigenvalue weighted by molar-refractivity contribution is -0.123. The van der Waals surface area contributed by atoms with Crippen LogP contribution in [0.4, 0.5) is 4.39 Å². The standard InChI is InChI=1S/C28H29FN2O3/c1-17(2)13-14-31-27(32)21-6-4-5-19(15-21)20-9-12-24-23(16-20)25(28(33)30-3)26(34-24)18-7-10-22(29)11-8-18/h4-12,15-17,25-26H,13-14H2,1-3H3,(H,30,33)(H,31,32). The maximum atomic E-state index is 13.4. The molecule has 2 amide bonds. The van der Waals surface area contributed by atoms with Crippen LogP contribution in [0.25, 0.3) is 11.1 Å². The summed E-state index contributed by atoms with van der Waals surface area (Å²) in [7, 11) is 1.59. The highest BCUT2D eigenvalue weighted by atomic mass is 19.1. The summed E-state index contributed by atoms with van der Waals surface area (Å²) in [5, 5.41) is 5.69. The van der Waals surface area contributed by atoms with Crippen molar-refractivity contribution < 1.29 is 18.7 Å². The lowest BCUT2D eigenvalue weighted by Crippen LogP contribution is -2.28. The van der Waals surface area contributed by atoms with E-state index >= 15 is 0 Å². The Hall–Kier alpha value is -3.67. The number of benzene rings is 3. The minimum absolute atomic E-state index is 0.105. The predicted molar refractivity (Wildman–Crippen MR) is 130 cm³/mol. The van der Waals surface area contributed by atoms with Crippen molar-refractivity contribution in [3.05, 3.63) is 89.2 Å². The quantitative estimate of drug-likeness (QED) is 0.507. The van der Waals surface area contributed by atoms with E-state index in [2.05, 4.69) is 24.5 Å². The second kappa shape index (κ2) is 10.1. The molecule has 1 aliphatic heterocycles. The second-order valence-corrected chi connectivity index (χ2v) is 8.95. The molecule has 6 heteroatoms. The van der Waals surface area contributed by atoms with Gasteiger partial charge in [-0.3, -0.25) is 9.59 Å². The van der Waals surface area contributed by atoms with Crippen molar-refractivity contribution in [3.63, 3.8) is 0 Å². The van der Waals surface area contributed by atoms with Crippen molar-refractivity contribution in [2.75, 3.05) is 13.6 Å². The number of fused-ring (bicyclic) bond motifs is 1. The van der Waals surface area contributed by atoms with E-state index in [1.165, 1.54) is 12.1 Å². The first kappa shape index (κ1) is 23.5.